The first kappa shape index (κ1) is 18.6. The maximum absolute atomic E-state index is 12.8. The molecule has 0 aliphatic heterocycles. The Bertz CT molecular complexity index is 576. The van der Waals surface area contributed by atoms with Gasteiger partial charge in [-0.05, 0) is 54.6 Å². The minimum atomic E-state index is -3.57. The number of sulfonamides is 1. The Morgan fingerprint density at radius 2 is 1.95 bits per heavy atom. The van der Waals surface area contributed by atoms with Crippen molar-refractivity contribution in [2.75, 3.05) is 27.2 Å². The zero-order chi connectivity index (χ0) is 16.2. The highest BCUT2D eigenvalue weighted by molar-refractivity contribution is 9.10. The minimum Gasteiger partial charge on any atom is -0.392 e. The van der Waals surface area contributed by atoms with Gasteiger partial charge < -0.3 is 10.0 Å². The van der Waals surface area contributed by atoms with Crippen molar-refractivity contribution in [3.05, 3.63) is 28.2 Å². The Morgan fingerprint density at radius 3 is 2.38 bits per heavy atom. The molecule has 1 atom stereocenters. The van der Waals surface area contributed by atoms with Gasteiger partial charge in [0.05, 0.1) is 11.5 Å². The van der Waals surface area contributed by atoms with Crippen LogP contribution in [0.25, 0.3) is 0 Å². The first-order valence-corrected chi connectivity index (χ1v) is 9.03. The maximum atomic E-state index is 12.8. The van der Waals surface area contributed by atoms with Crippen LogP contribution in [-0.2, 0) is 16.6 Å². The number of nitrogens with zero attached hydrogens (tertiary/aromatic N) is 2. The number of rotatable bonds is 7. The average molecular weight is 379 g/mol. The van der Waals surface area contributed by atoms with Crippen LogP contribution in [0, 0.1) is 0 Å². The van der Waals surface area contributed by atoms with E-state index >= 15 is 0 Å². The standard InChI is InChI=1S/C14H23BrN2O3S/c1-5-17(11(2)9-16(3)4)21(19,20)14-7-6-12(10-18)8-13(14)15/h6-8,11,18H,5,9-10H2,1-4H3. The van der Waals surface area contributed by atoms with E-state index in [-0.39, 0.29) is 17.5 Å². The largest absolute Gasteiger partial charge is 0.392 e. The number of halogens is 1. The highest BCUT2D eigenvalue weighted by Gasteiger charge is 2.29. The van der Waals surface area contributed by atoms with Gasteiger partial charge in [0.25, 0.3) is 0 Å². The second-order valence-electron chi connectivity index (χ2n) is 5.24. The third-order valence-electron chi connectivity index (χ3n) is 3.20. The van der Waals surface area contributed by atoms with Crippen LogP contribution in [0.4, 0.5) is 0 Å². The number of aliphatic hydroxyl groups is 1. The van der Waals surface area contributed by atoms with Crippen molar-refractivity contribution in [3.8, 4) is 0 Å². The fourth-order valence-electron chi connectivity index (χ4n) is 2.32. The lowest BCUT2D eigenvalue weighted by Crippen LogP contribution is -2.43. The third-order valence-corrected chi connectivity index (χ3v) is 6.26. The van der Waals surface area contributed by atoms with Crippen LogP contribution < -0.4 is 0 Å². The fraction of sp³-hybridized carbons (Fsp3) is 0.571. The van der Waals surface area contributed by atoms with Crippen LogP contribution in [0.2, 0.25) is 0 Å². The molecule has 0 aliphatic rings. The van der Waals surface area contributed by atoms with Crippen molar-refractivity contribution in [2.24, 2.45) is 0 Å². The Kier molecular flexibility index (Phi) is 6.80. The van der Waals surface area contributed by atoms with Gasteiger partial charge in [0.2, 0.25) is 10.0 Å². The van der Waals surface area contributed by atoms with Crippen molar-refractivity contribution in [1.82, 2.24) is 9.21 Å². The molecule has 0 bridgehead atoms. The summed E-state index contributed by atoms with van der Waals surface area (Å²) in [5.74, 6) is 0. The molecular weight excluding hydrogens is 356 g/mol. The van der Waals surface area contributed by atoms with Crippen LogP contribution in [0.3, 0.4) is 0 Å². The Labute approximate surface area is 135 Å². The van der Waals surface area contributed by atoms with E-state index in [2.05, 4.69) is 15.9 Å². The van der Waals surface area contributed by atoms with Gasteiger partial charge in [0.1, 0.15) is 0 Å². The summed E-state index contributed by atoms with van der Waals surface area (Å²) in [7, 11) is 0.266. The van der Waals surface area contributed by atoms with Gasteiger partial charge in [-0.25, -0.2) is 8.42 Å². The smallest absolute Gasteiger partial charge is 0.244 e. The van der Waals surface area contributed by atoms with Crippen LogP contribution >= 0.6 is 15.9 Å². The summed E-state index contributed by atoms with van der Waals surface area (Å²) < 4.78 is 27.6. The monoisotopic (exact) mass is 378 g/mol. The molecule has 0 heterocycles. The van der Waals surface area contributed by atoms with Gasteiger partial charge >= 0.3 is 0 Å². The topological polar surface area (TPSA) is 60.9 Å². The summed E-state index contributed by atoms with van der Waals surface area (Å²) in [6, 6.07) is 4.68. The molecule has 1 aromatic rings. The van der Waals surface area contributed by atoms with Crippen molar-refractivity contribution in [1.29, 1.82) is 0 Å². The first-order chi connectivity index (χ1) is 9.73. The van der Waals surface area contributed by atoms with E-state index < -0.39 is 10.0 Å². The van der Waals surface area contributed by atoms with E-state index in [0.29, 0.717) is 23.1 Å². The molecule has 1 unspecified atom stereocenters. The van der Waals surface area contributed by atoms with Gasteiger partial charge in [0, 0.05) is 23.6 Å². The second-order valence-corrected chi connectivity index (χ2v) is 7.96. The molecule has 0 spiro atoms. The second kappa shape index (κ2) is 7.69. The number of hydrogen-bond donors (Lipinski definition) is 1. The first-order valence-electron chi connectivity index (χ1n) is 6.79. The van der Waals surface area contributed by atoms with Crippen molar-refractivity contribution in [3.63, 3.8) is 0 Å². The minimum absolute atomic E-state index is 0.118. The van der Waals surface area contributed by atoms with Crippen molar-refractivity contribution < 1.29 is 13.5 Å². The number of likely N-dealkylation sites (N-methyl/N-ethyl adjacent to an activating group) is 2. The molecule has 0 radical (unpaired) electrons. The highest BCUT2D eigenvalue weighted by Crippen LogP contribution is 2.27. The average Bonchev–Trinajstić information content (AvgIpc) is 2.37. The predicted octanol–water partition coefficient (Wildman–Crippen LogP) is 1.90. The molecule has 0 saturated heterocycles. The van der Waals surface area contributed by atoms with Crippen molar-refractivity contribution >= 4 is 26.0 Å². The van der Waals surface area contributed by atoms with Gasteiger partial charge in [-0.1, -0.05) is 13.0 Å². The lowest BCUT2D eigenvalue weighted by molar-refractivity contribution is 0.271. The molecule has 21 heavy (non-hydrogen) atoms. The summed E-state index contributed by atoms with van der Waals surface area (Å²) in [6.45, 7) is 4.68. The molecule has 0 aliphatic carbocycles. The number of benzene rings is 1. The van der Waals surface area contributed by atoms with Gasteiger partial charge in [-0.3, -0.25) is 0 Å². The summed E-state index contributed by atoms with van der Waals surface area (Å²) in [5.41, 5.74) is 0.671. The van der Waals surface area contributed by atoms with E-state index in [1.807, 2.05) is 32.8 Å². The van der Waals surface area contributed by atoms with E-state index in [0.717, 1.165) is 0 Å². The lowest BCUT2D eigenvalue weighted by Gasteiger charge is -2.29. The normalized spacial score (nSPS) is 13.9. The molecule has 0 amide bonds. The van der Waals surface area contributed by atoms with Crippen LogP contribution in [-0.4, -0.2) is 56.0 Å². The lowest BCUT2D eigenvalue weighted by atomic mass is 10.2. The van der Waals surface area contributed by atoms with E-state index in [1.54, 1.807) is 12.1 Å². The molecule has 120 valence electrons. The molecular formula is C14H23BrN2O3S. The van der Waals surface area contributed by atoms with Crippen LogP contribution in [0.1, 0.15) is 19.4 Å². The molecule has 5 nitrogen and oxygen atoms in total. The van der Waals surface area contributed by atoms with Gasteiger partial charge in [-0.15, -0.1) is 0 Å². The zero-order valence-electron chi connectivity index (χ0n) is 12.9. The molecule has 1 N–H and O–H groups in total. The Morgan fingerprint density at radius 1 is 1.33 bits per heavy atom. The highest BCUT2D eigenvalue weighted by atomic mass is 79.9. The van der Waals surface area contributed by atoms with Gasteiger partial charge in [-0.2, -0.15) is 4.31 Å². The quantitative estimate of drug-likeness (QED) is 0.786. The summed E-state index contributed by atoms with van der Waals surface area (Å²) in [6.07, 6.45) is 0. The molecule has 0 fully saturated rings. The summed E-state index contributed by atoms with van der Waals surface area (Å²) in [5, 5.41) is 9.11. The van der Waals surface area contributed by atoms with Gasteiger partial charge in [0.15, 0.2) is 0 Å². The molecule has 0 saturated carbocycles. The maximum Gasteiger partial charge on any atom is 0.244 e. The molecule has 1 aromatic carbocycles. The molecule has 1 rings (SSSR count). The SMILES string of the molecule is CCN(C(C)CN(C)C)S(=O)(=O)c1ccc(CO)cc1Br. The Balaban J connectivity index is 3.18. The van der Waals surface area contributed by atoms with Crippen LogP contribution in [0.15, 0.2) is 27.6 Å². The summed E-state index contributed by atoms with van der Waals surface area (Å²) in [4.78, 5) is 2.19. The van der Waals surface area contributed by atoms with Crippen LogP contribution in [0.5, 0.6) is 0 Å². The van der Waals surface area contributed by atoms with E-state index in [4.69, 9.17) is 5.11 Å². The van der Waals surface area contributed by atoms with E-state index in [9.17, 15) is 8.42 Å². The fourth-order valence-corrected chi connectivity index (χ4v) is 5.03. The van der Waals surface area contributed by atoms with E-state index in [1.165, 1.54) is 10.4 Å². The third kappa shape index (κ3) is 4.50. The number of hydrogen-bond acceptors (Lipinski definition) is 4. The summed E-state index contributed by atoms with van der Waals surface area (Å²) >= 11 is 3.29. The predicted molar refractivity (Wildman–Crippen MR) is 87.6 cm³/mol. The van der Waals surface area contributed by atoms with Crippen molar-refractivity contribution in [2.45, 2.75) is 31.4 Å². The number of aliphatic hydroxyl groups excluding tert-OH is 1. The molecule has 0 aromatic heterocycles. The zero-order valence-corrected chi connectivity index (χ0v) is 15.3. The molecule has 7 heteroatoms. The Hall–Kier alpha value is -0.470.